The van der Waals surface area contributed by atoms with Gasteiger partial charge in [0.1, 0.15) is 11.9 Å². The molecule has 3 atom stereocenters. The van der Waals surface area contributed by atoms with Crippen LogP contribution < -0.4 is 16.2 Å². The van der Waals surface area contributed by atoms with Crippen molar-refractivity contribution in [3.8, 4) is 16.9 Å². The summed E-state index contributed by atoms with van der Waals surface area (Å²) >= 11 is 12.3. The molecule has 30 heavy (non-hydrogen) atoms. The van der Waals surface area contributed by atoms with E-state index in [0.717, 1.165) is 22.3 Å². The molecule has 2 aromatic carbocycles. The SMILES string of the molecule is CC(Oc1cc(-c2ccc3c(c2)CC(N)C3O)cnc1N)c1c(Cl)ccc(F)c1Cl. The zero-order chi connectivity index (χ0) is 21.6. The third-order valence-electron chi connectivity index (χ3n) is 5.33. The van der Waals surface area contributed by atoms with E-state index < -0.39 is 18.0 Å². The Balaban J connectivity index is 1.65. The summed E-state index contributed by atoms with van der Waals surface area (Å²) in [5.41, 5.74) is 15.8. The Kier molecular flexibility index (Phi) is 5.59. The molecule has 156 valence electrons. The Morgan fingerprint density at radius 3 is 2.73 bits per heavy atom. The third-order valence-corrected chi connectivity index (χ3v) is 6.04. The van der Waals surface area contributed by atoms with Crippen LogP contribution in [0.5, 0.6) is 5.75 Å². The molecule has 3 aromatic rings. The highest BCUT2D eigenvalue weighted by Crippen LogP contribution is 2.38. The lowest BCUT2D eigenvalue weighted by atomic mass is 10.0. The van der Waals surface area contributed by atoms with Crippen LogP contribution in [0.15, 0.2) is 42.6 Å². The Labute approximate surface area is 183 Å². The van der Waals surface area contributed by atoms with Crippen molar-refractivity contribution in [2.45, 2.75) is 31.6 Å². The van der Waals surface area contributed by atoms with Crippen LogP contribution in [0.3, 0.4) is 0 Å². The molecular formula is C22H20Cl2FN3O2. The predicted molar refractivity (Wildman–Crippen MR) is 116 cm³/mol. The molecule has 8 heteroatoms. The molecule has 1 heterocycles. The van der Waals surface area contributed by atoms with Crippen molar-refractivity contribution >= 4 is 29.0 Å². The summed E-state index contributed by atoms with van der Waals surface area (Å²) in [5.74, 6) is -0.0635. The maximum Gasteiger partial charge on any atom is 0.166 e. The average Bonchev–Trinajstić information content (AvgIpc) is 3.00. The van der Waals surface area contributed by atoms with Crippen molar-refractivity contribution in [2.24, 2.45) is 5.73 Å². The van der Waals surface area contributed by atoms with Gasteiger partial charge in [-0.25, -0.2) is 9.37 Å². The second-order valence-corrected chi connectivity index (χ2v) is 8.14. The molecule has 0 fully saturated rings. The van der Waals surface area contributed by atoms with Crippen molar-refractivity contribution in [3.63, 3.8) is 0 Å². The van der Waals surface area contributed by atoms with Crippen molar-refractivity contribution in [3.05, 3.63) is 75.1 Å². The Bertz CT molecular complexity index is 1130. The molecule has 0 aliphatic heterocycles. The molecule has 1 aliphatic carbocycles. The minimum absolute atomic E-state index is 0.0915. The van der Waals surface area contributed by atoms with Gasteiger partial charge in [0.05, 0.1) is 11.1 Å². The fourth-order valence-electron chi connectivity index (χ4n) is 3.72. The average molecular weight is 448 g/mol. The first-order valence-corrected chi connectivity index (χ1v) is 10.1. The smallest absolute Gasteiger partial charge is 0.166 e. The number of anilines is 1. The van der Waals surface area contributed by atoms with E-state index in [1.54, 1.807) is 19.2 Å². The van der Waals surface area contributed by atoms with Gasteiger partial charge < -0.3 is 21.3 Å². The number of nitrogen functional groups attached to an aromatic ring is 1. The molecule has 4 rings (SSSR count). The third kappa shape index (κ3) is 3.72. The molecular weight excluding hydrogens is 428 g/mol. The molecule has 3 unspecified atom stereocenters. The van der Waals surface area contributed by atoms with Crippen LogP contribution in [0.1, 0.15) is 35.8 Å². The fraction of sp³-hybridized carbons (Fsp3) is 0.227. The van der Waals surface area contributed by atoms with Gasteiger partial charge >= 0.3 is 0 Å². The number of rotatable bonds is 4. The van der Waals surface area contributed by atoms with Crippen LogP contribution in [0.2, 0.25) is 10.0 Å². The zero-order valence-corrected chi connectivity index (χ0v) is 17.6. The molecule has 1 aliphatic rings. The summed E-state index contributed by atoms with van der Waals surface area (Å²) in [4.78, 5) is 4.23. The number of halogens is 3. The molecule has 0 saturated carbocycles. The van der Waals surface area contributed by atoms with Gasteiger partial charge in [-0.1, -0.05) is 41.4 Å². The molecule has 0 bridgehead atoms. The van der Waals surface area contributed by atoms with Crippen LogP contribution in [0.25, 0.3) is 11.1 Å². The van der Waals surface area contributed by atoms with Crippen molar-refractivity contribution in [1.82, 2.24) is 4.98 Å². The van der Waals surface area contributed by atoms with Gasteiger partial charge in [0.15, 0.2) is 11.6 Å². The number of fused-ring (bicyclic) bond motifs is 1. The van der Waals surface area contributed by atoms with Crippen molar-refractivity contribution in [1.29, 1.82) is 0 Å². The van der Waals surface area contributed by atoms with Gasteiger partial charge in [0.2, 0.25) is 0 Å². The van der Waals surface area contributed by atoms with Crippen LogP contribution >= 0.6 is 23.2 Å². The minimum Gasteiger partial charge on any atom is -0.482 e. The van der Waals surface area contributed by atoms with Gasteiger partial charge in [-0.3, -0.25) is 0 Å². The lowest BCUT2D eigenvalue weighted by Crippen LogP contribution is -2.24. The predicted octanol–water partition coefficient (Wildman–Crippen LogP) is 4.83. The first kappa shape index (κ1) is 20.9. The van der Waals surface area contributed by atoms with Crippen molar-refractivity contribution < 1.29 is 14.2 Å². The Morgan fingerprint density at radius 2 is 1.97 bits per heavy atom. The van der Waals surface area contributed by atoms with Crippen LogP contribution in [0.4, 0.5) is 10.2 Å². The summed E-state index contributed by atoms with van der Waals surface area (Å²) in [5, 5.41) is 10.3. The van der Waals surface area contributed by atoms with E-state index in [-0.39, 0.29) is 16.9 Å². The lowest BCUT2D eigenvalue weighted by Gasteiger charge is -2.19. The lowest BCUT2D eigenvalue weighted by molar-refractivity contribution is 0.159. The Morgan fingerprint density at radius 1 is 1.20 bits per heavy atom. The number of nitrogens with zero attached hydrogens (tertiary/aromatic N) is 1. The van der Waals surface area contributed by atoms with E-state index in [1.165, 1.54) is 12.1 Å². The maximum atomic E-state index is 13.9. The molecule has 0 radical (unpaired) electrons. The van der Waals surface area contributed by atoms with Crippen LogP contribution in [-0.4, -0.2) is 16.1 Å². The fourth-order valence-corrected chi connectivity index (χ4v) is 4.40. The maximum absolute atomic E-state index is 13.9. The van der Waals surface area contributed by atoms with Gasteiger partial charge in [-0.05, 0) is 48.2 Å². The monoisotopic (exact) mass is 447 g/mol. The van der Waals surface area contributed by atoms with E-state index in [4.69, 9.17) is 39.4 Å². The first-order valence-electron chi connectivity index (χ1n) is 9.38. The molecule has 0 amide bonds. The van der Waals surface area contributed by atoms with Crippen LogP contribution in [-0.2, 0) is 6.42 Å². The summed E-state index contributed by atoms with van der Waals surface area (Å²) < 4.78 is 19.8. The summed E-state index contributed by atoms with van der Waals surface area (Å²) in [6, 6.07) is 9.82. The van der Waals surface area contributed by atoms with E-state index in [2.05, 4.69) is 4.98 Å². The number of ether oxygens (including phenoxy) is 1. The summed E-state index contributed by atoms with van der Waals surface area (Å²) in [7, 11) is 0. The number of hydrogen-bond donors (Lipinski definition) is 3. The quantitative estimate of drug-likeness (QED) is 0.497. The van der Waals surface area contributed by atoms with E-state index in [9.17, 15) is 9.50 Å². The highest BCUT2D eigenvalue weighted by Gasteiger charge is 2.28. The highest BCUT2D eigenvalue weighted by atomic mass is 35.5. The number of aromatic nitrogens is 1. The number of hydrogen-bond acceptors (Lipinski definition) is 5. The normalized spacial score (nSPS) is 18.9. The highest BCUT2D eigenvalue weighted by molar-refractivity contribution is 6.36. The van der Waals surface area contributed by atoms with Crippen molar-refractivity contribution in [2.75, 3.05) is 5.73 Å². The zero-order valence-electron chi connectivity index (χ0n) is 16.1. The molecule has 1 aromatic heterocycles. The van der Waals surface area contributed by atoms with E-state index in [0.29, 0.717) is 22.8 Å². The van der Waals surface area contributed by atoms with Gasteiger partial charge in [-0.2, -0.15) is 0 Å². The molecule has 5 N–H and O–H groups in total. The summed E-state index contributed by atoms with van der Waals surface area (Å²) in [6.07, 6.45) is 0.929. The topological polar surface area (TPSA) is 94.4 Å². The van der Waals surface area contributed by atoms with Crippen LogP contribution in [0, 0.1) is 5.82 Å². The summed E-state index contributed by atoms with van der Waals surface area (Å²) in [6.45, 7) is 1.71. The molecule has 5 nitrogen and oxygen atoms in total. The standard InChI is InChI=1S/C22H20Cl2FN3O2/c1-10(19-15(23)4-5-16(25)20(19)24)30-18-8-13(9-28-22(18)27)11-2-3-14-12(6-11)7-17(26)21(14)29/h2-6,8-10,17,21,29H,7,26H2,1H3,(H2,27,28). The number of aliphatic hydroxyl groups is 1. The molecule has 0 saturated heterocycles. The van der Waals surface area contributed by atoms with Gasteiger partial charge in [-0.15, -0.1) is 0 Å². The number of nitrogens with two attached hydrogens (primary N) is 2. The molecule has 0 spiro atoms. The minimum atomic E-state index is -0.659. The second-order valence-electron chi connectivity index (χ2n) is 7.35. The van der Waals surface area contributed by atoms with E-state index in [1.807, 2.05) is 18.2 Å². The largest absolute Gasteiger partial charge is 0.482 e. The second kappa shape index (κ2) is 8.04. The van der Waals surface area contributed by atoms with Gasteiger partial charge in [0, 0.05) is 28.4 Å². The van der Waals surface area contributed by atoms with Gasteiger partial charge in [0.25, 0.3) is 0 Å². The number of aliphatic hydroxyl groups excluding tert-OH is 1. The first-order chi connectivity index (χ1) is 14.3. The number of pyridine rings is 1. The Hall–Kier alpha value is -2.38. The number of benzene rings is 2. The van der Waals surface area contributed by atoms with E-state index >= 15 is 0 Å².